The van der Waals surface area contributed by atoms with Gasteiger partial charge >= 0.3 is 9.76 Å². The Hall–Kier alpha value is -3.30. The average Bonchev–Trinajstić information content (AvgIpc) is 2.81. The lowest BCUT2D eigenvalue weighted by molar-refractivity contribution is 0.306. The van der Waals surface area contributed by atoms with Crippen LogP contribution in [0.4, 0.5) is 0 Å². The first-order valence-electron chi connectivity index (χ1n) is 9.67. The minimum absolute atomic E-state index is 0.214. The minimum Gasteiger partial charge on any atom is -0.540 e. The molecule has 0 spiro atoms. The zero-order valence-corrected chi connectivity index (χ0v) is 17.1. The zero-order valence-electron chi connectivity index (χ0n) is 16.1. The van der Waals surface area contributed by atoms with Gasteiger partial charge in [-0.3, -0.25) is 0 Å². The highest BCUT2D eigenvalue weighted by molar-refractivity contribution is 6.32. The molecule has 0 bridgehead atoms. The molecule has 0 saturated heterocycles. The molecule has 0 N–H and O–H groups in total. The van der Waals surface area contributed by atoms with E-state index in [0.717, 1.165) is 17.1 Å². The van der Waals surface area contributed by atoms with Crippen LogP contribution in [0.25, 0.3) is 0 Å². The van der Waals surface area contributed by atoms with Crippen molar-refractivity contribution in [1.82, 2.24) is 0 Å². The summed E-state index contributed by atoms with van der Waals surface area (Å²) >= 11 is 0. The lowest BCUT2D eigenvalue weighted by atomic mass is 10.0. The molecule has 2 nitrogen and oxygen atoms in total. The van der Waals surface area contributed by atoms with Gasteiger partial charge < -0.3 is 9.16 Å². The maximum Gasteiger partial charge on any atom is 0.323 e. The van der Waals surface area contributed by atoms with Crippen molar-refractivity contribution in [2.24, 2.45) is 0 Å². The Balaban J connectivity index is 1.40. The summed E-state index contributed by atoms with van der Waals surface area (Å²) in [6, 6.07) is 39.1. The van der Waals surface area contributed by atoms with Crippen molar-refractivity contribution in [3.8, 4) is 11.5 Å². The van der Waals surface area contributed by atoms with Crippen LogP contribution in [0.3, 0.4) is 0 Å². The second-order valence-electron chi connectivity index (χ2n) is 6.72. The Morgan fingerprint density at radius 1 is 0.552 bits per heavy atom. The van der Waals surface area contributed by atoms with Gasteiger partial charge in [0, 0.05) is 5.54 Å². The molecule has 0 aliphatic rings. The zero-order chi connectivity index (χ0) is 19.7. The van der Waals surface area contributed by atoms with Crippen LogP contribution in [-0.4, -0.2) is 9.76 Å². The molecule has 0 aliphatic heterocycles. The van der Waals surface area contributed by atoms with E-state index in [1.165, 1.54) is 11.1 Å². The molecule has 0 amide bonds. The lowest BCUT2D eigenvalue weighted by Crippen LogP contribution is -2.16. The largest absolute Gasteiger partial charge is 0.540 e. The molecule has 3 heteroatoms. The van der Waals surface area contributed by atoms with Crippen LogP contribution in [0, 0.1) is 0 Å². The van der Waals surface area contributed by atoms with Gasteiger partial charge in [0.25, 0.3) is 0 Å². The number of hydrogen-bond donors (Lipinski definition) is 0. The van der Waals surface area contributed by atoms with Gasteiger partial charge in [0.1, 0.15) is 18.1 Å². The van der Waals surface area contributed by atoms with Gasteiger partial charge in [-0.05, 0) is 41.0 Å². The van der Waals surface area contributed by atoms with Crippen molar-refractivity contribution in [3.63, 3.8) is 0 Å². The molecule has 4 aromatic carbocycles. The highest BCUT2D eigenvalue weighted by atomic mass is 28.2. The van der Waals surface area contributed by atoms with E-state index in [1.807, 2.05) is 54.6 Å². The molecule has 0 unspecified atom stereocenters. The molecule has 0 aliphatic carbocycles. The number of ether oxygens (including phenoxy) is 1. The maximum absolute atomic E-state index is 6.17. The van der Waals surface area contributed by atoms with Crippen LogP contribution in [0.2, 0.25) is 0 Å². The Bertz CT molecular complexity index is 948. The third-order valence-electron chi connectivity index (χ3n) is 4.63. The molecule has 0 saturated carbocycles. The Kier molecular flexibility index (Phi) is 6.40. The number of benzene rings is 4. The lowest BCUT2D eigenvalue weighted by Gasteiger charge is -2.17. The highest BCUT2D eigenvalue weighted by Crippen LogP contribution is 2.25. The summed E-state index contributed by atoms with van der Waals surface area (Å²) in [5, 5.41) is 0. The van der Waals surface area contributed by atoms with Crippen LogP contribution in [-0.2, 0) is 6.61 Å². The van der Waals surface area contributed by atoms with Crippen molar-refractivity contribution in [1.29, 1.82) is 0 Å². The third kappa shape index (κ3) is 5.37. The highest BCUT2D eigenvalue weighted by Gasteiger charge is 2.17. The van der Waals surface area contributed by atoms with Gasteiger partial charge in [-0.2, -0.15) is 0 Å². The summed E-state index contributed by atoms with van der Waals surface area (Å²) in [7, 11) is 0.290. The summed E-state index contributed by atoms with van der Waals surface area (Å²) in [6.45, 7) is 0.562. The molecular weight excluding hydrogens is 372 g/mol. The van der Waals surface area contributed by atoms with Gasteiger partial charge in [0.15, 0.2) is 0 Å². The second kappa shape index (κ2) is 9.76. The Morgan fingerprint density at radius 3 is 1.59 bits per heavy atom. The summed E-state index contributed by atoms with van der Waals surface area (Å²) in [6.07, 6.45) is 0. The van der Waals surface area contributed by atoms with Crippen molar-refractivity contribution >= 4 is 9.76 Å². The molecule has 0 aromatic heterocycles. The number of hydrogen-bond acceptors (Lipinski definition) is 2. The van der Waals surface area contributed by atoms with Crippen molar-refractivity contribution < 1.29 is 9.16 Å². The van der Waals surface area contributed by atoms with Gasteiger partial charge in [0.2, 0.25) is 0 Å². The molecule has 0 atom stereocenters. The first-order valence-corrected chi connectivity index (χ1v) is 10.7. The fourth-order valence-corrected chi connectivity index (χ4v) is 4.14. The monoisotopic (exact) mass is 394 g/mol. The maximum atomic E-state index is 6.17. The SMILES string of the molecule is c1ccc(COc2ccc(O[Si]C(c3ccccc3)c3ccccc3)cc2)cc1. The molecule has 29 heavy (non-hydrogen) atoms. The Morgan fingerprint density at radius 2 is 1.03 bits per heavy atom. The van der Waals surface area contributed by atoms with Crippen molar-refractivity contribution in [2.75, 3.05) is 0 Å². The normalized spacial score (nSPS) is 10.7. The molecule has 0 heterocycles. The quantitative estimate of drug-likeness (QED) is 0.339. The first kappa shape index (κ1) is 19.0. The topological polar surface area (TPSA) is 18.5 Å². The van der Waals surface area contributed by atoms with Crippen LogP contribution >= 0.6 is 0 Å². The third-order valence-corrected chi connectivity index (χ3v) is 5.89. The fourth-order valence-electron chi connectivity index (χ4n) is 3.09. The van der Waals surface area contributed by atoms with Gasteiger partial charge in [-0.25, -0.2) is 0 Å². The molecule has 142 valence electrons. The van der Waals surface area contributed by atoms with E-state index in [1.54, 1.807) is 0 Å². The van der Waals surface area contributed by atoms with Crippen LogP contribution in [0.1, 0.15) is 22.2 Å². The molecule has 4 aromatic rings. The van der Waals surface area contributed by atoms with E-state index < -0.39 is 0 Å². The number of rotatable bonds is 8. The van der Waals surface area contributed by atoms with Crippen molar-refractivity contribution in [2.45, 2.75) is 12.1 Å². The van der Waals surface area contributed by atoms with Gasteiger partial charge in [0.05, 0.1) is 0 Å². The van der Waals surface area contributed by atoms with E-state index in [2.05, 4.69) is 60.7 Å². The smallest absolute Gasteiger partial charge is 0.323 e. The van der Waals surface area contributed by atoms with Gasteiger partial charge in [-0.15, -0.1) is 0 Å². The molecule has 2 radical (unpaired) electrons. The van der Waals surface area contributed by atoms with E-state index >= 15 is 0 Å². The first-order chi connectivity index (χ1) is 14.4. The van der Waals surface area contributed by atoms with Gasteiger partial charge in [-0.1, -0.05) is 91.0 Å². The fraction of sp³-hybridized carbons (Fsp3) is 0.0769. The van der Waals surface area contributed by atoms with E-state index in [-0.39, 0.29) is 5.54 Å². The van der Waals surface area contributed by atoms with Crippen LogP contribution in [0.15, 0.2) is 115 Å². The van der Waals surface area contributed by atoms with Crippen molar-refractivity contribution in [3.05, 3.63) is 132 Å². The summed E-state index contributed by atoms with van der Waals surface area (Å²) < 4.78 is 12.0. The van der Waals surface area contributed by atoms with E-state index in [4.69, 9.17) is 9.16 Å². The molecule has 4 rings (SSSR count). The molecule has 0 fully saturated rings. The molecular formula is C26H22O2Si. The average molecular weight is 395 g/mol. The predicted molar refractivity (Wildman–Crippen MR) is 118 cm³/mol. The predicted octanol–water partition coefficient (Wildman–Crippen LogP) is 6.05. The van der Waals surface area contributed by atoms with Crippen LogP contribution < -0.4 is 9.16 Å². The summed E-state index contributed by atoms with van der Waals surface area (Å²) in [5.74, 6) is 1.69. The van der Waals surface area contributed by atoms with Crippen LogP contribution in [0.5, 0.6) is 11.5 Å². The van der Waals surface area contributed by atoms with E-state index in [9.17, 15) is 0 Å². The standard InChI is InChI=1S/C26H22O2Si/c1-4-10-21(11-5-1)20-27-24-16-18-25(19-17-24)28-29-26(22-12-6-2-7-13-22)23-14-8-3-9-15-23/h1-19,26H,20H2. The van der Waals surface area contributed by atoms with E-state index in [0.29, 0.717) is 16.4 Å². The Labute approximate surface area is 174 Å². The summed E-state index contributed by atoms with van der Waals surface area (Å²) in [5.41, 5.74) is 3.90. The minimum atomic E-state index is 0.214. The second-order valence-corrected chi connectivity index (χ2v) is 7.74. The summed E-state index contributed by atoms with van der Waals surface area (Å²) in [4.78, 5) is 0.